The molecule has 0 aliphatic rings. The Morgan fingerprint density at radius 2 is 2.00 bits per heavy atom. The van der Waals surface area contributed by atoms with E-state index < -0.39 is 0 Å². The summed E-state index contributed by atoms with van der Waals surface area (Å²) in [6.45, 7) is 4.21. The Morgan fingerprint density at radius 1 is 1.28 bits per heavy atom. The van der Waals surface area contributed by atoms with Crippen LogP contribution in [0, 0.1) is 0 Å². The van der Waals surface area contributed by atoms with Gasteiger partial charge in [0.2, 0.25) is 0 Å². The zero-order chi connectivity index (χ0) is 13.1. The van der Waals surface area contributed by atoms with Crippen LogP contribution in [0.3, 0.4) is 0 Å². The van der Waals surface area contributed by atoms with E-state index in [0.29, 0.717) is 11.6 Å². The summed E-state index contributed by atoms with van der Waals surface area (Å²) < 4.78 is 1.56. The van der Waals surface area contributed by atoms with Crippen LogP contribution in [0.2, 0.25) is 0 Å². The summed E-state index contributed by atoms with van der Waals surface area (Å²) in [5.74, 6) is 0.233. The zero-order valence-electron chi connectivity index (χ0n) is 10.8. The van der Waals surface area contributed by atoms with Gasteiger partial charge >= 0.3 is 0 Å². The Bertz CT molecular complexity index is 558. The molecule has 0 radical (unpaired) electrons. The highest BCUT2D eigenvalue weighted by molar-refractivity contribution is 6.03. The topological polar surface area (TPSA) is 46.9 Å². The van der Waals surface area contributed by atoms with Crippen molar-refractivity contribution in [1.82, 2.24) is 9.78 Å². The molecule has 0 aliphatic heterocycles. The van der Waals surface area contributed by atoms with Crippen LogP contribution >= 0.6 is 0 Å². The maximum atomic E-state index is 12.1. The minimum Gasteiger partial charge on any atom is -0.320 e. The molecule has 1 N–H and O–H groups in total. The Morgan fingerprint density at radius 3 is 2.61 bits per heavy atom. The number of anilines is 1. The number of nitrogens with zero attached hydrogens (tertiary/aromatic N) is 2. The first-order valence-corrected chi connectivity index (χ1v) is 5.98. The molecule has 4 nitrogen and oxygen atoms in total. The first kappa shape index (κ1) is 12.4. The number of carbonyl (C=O) groups excluding carboxylic acids is 1. The quantitative estimate of drug-likeness (QED) is 0.901. The van der Waals surface area contributed by atoms with Crippen molar-refractivity contribution in [1.29, 1.82) is 0 Å². The lowest BCUT2D eigenvalue weighted by atomic mass is 10.0. The average molecular weight is 243 g/mol. The van der Waals surface area contributed by atoms with Crippen LogP contribution in [0.25, 0.3) is 0 Å². The molecule has 0 unspecified atom stereocenters. The SMILES string of the molecule is CC(C)c1ccccc1NC(=O)c1ccnn1C. The molecule has 0 saturated carbocycles. The highest BCUT2D eigenvalue weighted by Crippen LogP contribution is 2.24. The highest BCUT2D eigenvalue weighted by Gasteiger charge is 2.13. The van der Waals surface area contributed by atoms with Crippen LogP contribution in [-0.2, 0) is 7.05 Å². The number of benzene rings is 1. The van der Waals surface area contributed by atoms with E-state index in [4.69, 9.17) is 0 Å². The van der Waals surface area contributed by atoms with Crippen molar-refractivity contribution >= 4 is 11.6 Å². The number of nitrogens with one attached hydrogen (secondary N) is 1. The predicted octanol–water partition coefficient (Wildman–Crippen LogP) is 2.80. The molecule has 1 aromatic carbocycles. The third-order valence-electron chi connectivity index (χ3n) is 2.88. The lowest BCUT2D eigenvalue weighted by Gasteiger charge is -2.13. The molecule has 2 rings (SSSR count). The van der Waals surface area contributed by atoms with Crippen LogP contribution in [0.5, 0.6) is 0 Å². The second-order valence-electron chi connectivity index (χ2n) is 4.54. The zero-order valence-corrected chi connectivity index (χ0v) is 10.8. The fourth-order valence-electron chi connectivity index (χ4n) is 1.90. The third-order valence-corrected chi connectivity index (χ3v) is 2.88. The minimum atomic E-state index is -0.136. The molecule has 1 heterocycles. The monoisotopic (exact) mass is 243 g/mol. The molecule has 0 saturated heterocycles. The summed E-state index contributed by atoms with van der Waals surface area (Å²) in [7, 11) is 1.75. The maximum Gasteiger partial charge on any atom is 0.273 e. The maximum absolute atomic E-state index is 12.1. The number of rotatable bonds is 3. The number of aromatic nitrogens is 2. The summed E-state index contributed by atoms with van der Waals surface area (Å²) in [5, 5.41) is 6.93. The molecule has 4 heteroatoms. The van der Waals surface area contributed by atoms with E-state index in [1.807, 2.05) is 24.3 Å². The van der Waals surface area contributed by atoms with Crippen LogP contribution in [-0.4, -0.2) is 15.7 Å². The summed E-state index contributed by atoms with van der Waals surface area (Å²) in [4.78, 5) is 12.1. The van der Waals surface area contributed by atoms with Gasteiger partial charge in [-0.1, -0.05) is 32.0 Å². The summed E-state index contributed by atoms with van der Waals surface area (Å²) in [6, 6.07) is 9.56. The smallest absolute Gasteiger partial charge is 0.273 e. The van der Waals surface area contributed by atoms with Crippen molar-refractivity contribution in [2.24, 2.45) is 7.05 Å². The van der Waals surface area contributed by atoms with Gasteiger partial charge in [-0.25, -0.2) is 0 Å². The van der Waals surface area contributed by atoms with Crippen molar-refractivity contribution in [3.8, 4) is 0 Å². The van der Waals surface area contributed by atoms with E-state index in [2.05, 4.69) is 24.3 Å². The van der Waals surface area contributed by atoms with Crippen LogP contribution in [0.15, 0.2) is 36.5 Å². The van der Waals surface area contributed by atoms with E-state index in [9.17, 15) is 4.79 Å². The Kier molecular flexibility index (Phi) is 3.46. The molecular weight excluding hydrogens is 226 g/mol. The van der Waals surface area contributed by atoms with Gasteiger partial charge in [-0.3, -0.25) is 9.48 Å². The number of hydrogen-bond donors (Lipinski definition) is 1. The van der Waals surface area contributed by atoms with Crippen molar-refractivity contribution in [2.45, 2.75) is 19.8 Å². The van der Waals surface area contributed by atoms with E-state index in [0.717, 1.165) is 11.3 Å². The average Bonchev–Trinajstić information content (AvgIpc) is 2.76. The van der Waals surface area contributed by atoms with Crippen LogP contribution in [0.4, 0.5) is 5.69 Å². The molecule has 94 valence electrons. The molecular formula is C14H17N3O. The summed E-state index contributed by atoms with van der Waals surface area (Å²) in [5.41, 5.74) is 2.54. The van der Waals surface area contributed by atoms with Crippen molar-refractivity contribution in [2.75, 3.05) is 5.32 Å². The highest BCUT2D eigenvalue weighted by atomic mass is 16.2. The molecule has 1 aromatic heterocycles. The van der Waals surface area contributed by atoms with E-state index in [1.54, 1.807) is 24.0 Å². The lowest BCUT2D eigenvalue weighted by molar-refractivity contribution is 0.101. The van der Waals surface area contributed by atoms with Crippen molar-refractivity contribution in [3.05, 3.63) is 47.8 Å². The standard InChI is InChI=1S/C14H17N3O/c1-10(2)11-6-4-5-7-12(11)16-14(18)13-8-9-15-17(13)3/h4-10H,1-3H3,(H,16,18). The van der Waals surface area contributed by atoms with Gasteiger partial charge in [-0.05, 0) is 23.6 Å². The second-order valence-corrected chi connectivity index (χ2v) is 4.54. The van der Waals surface area contributed by atoms with Gasteiger partial charge in [0.05, 0.1) is 0 Å². The Balaban J connectivity index is 2.25. The number of amides is 1. The van der Waals surface area contributed by atoms with E-state index in [1.165, 1.54) is 0 Å². The number of para-hydroxylation sites is 1. The molecule has 0 aliphatic carbocycles. The Hall–Kier alpha value is -2.10. The number of carbonyl (C=O) groups is 1. The fourth-order valence-corrected chi connectivity index (χ4v) is 1.90. The lowest BCUT2D eigenvalue weighted by Crippen LogP contribution is -2.17. The van der Waals surface area contributed by atoms with E-state index >= 15 is 0 Å². The molecule has 1 amide bonds. The number of aryl methyl sites for hydroxylation is 1. The first-order chi connectivity index (χ1) is 8.59. The molecule has 0 bridgehead atoms. The van der Waals surface area contributed by atoms with Crippen molar-refractivity contribution in [3.63, 3.8) is 0 Å². The van der Waals surface area contributed by atoms with Gasteiger partial charge in [0.1, 0.15) is 5.69 Å². The Labute approximate surface area is 107 Å². The van der Waals surface area contributed by atoms with Gasteiger partial charge in [0, 0.05) is 18.9 Å². The van der Waals surface area contributed by atoms with Crippen LogP contribution in [0.1, 0.15) is 35.8 Å². The molecule has 0 fully saturated rings. The summed E-state index contributed by atoms with van der Waals surface area (Å²) in [6.07, 6.45) is 1.61. The molecule has 18 heavy (non-hydrogen) atoms. The van der Waals surface area contributed by atoms with E-state index in [-0.39, 0.29) is 5.91 Å². The largest absolute Gasteiger partial charge is 0.320 e. The summed E-state index contributed by atoms with van der Waals surface area (Å²) >= 11 is 0. The third kappa shape index (κ3) is 2.42. The molecule has 0 spiro atoms. The molecule has 2 aromatic rings. The second kappa shape index (κ2) is 5.04. The molecule has 0 atom stereocenters. The van der Waals surface area contributed by atoms with Gasteiger partial charge < -0.3 is 5.32 Å². The van der Waals surface area contributed by atoms with Crippen LogP contribution < -0.4 is 5.32 Å². The van der Waals surface area contributed by atoms with Gasteiger partial charge in [-0.2, -0.15) is 5.10 Å². The predicted molar refractivity (Wildman–Crippen MR) is 71.7 cm³/mol. The van der Waals surface area contributed by atoms with Gasteiger partial charge in [-0.15, -0.1) is 0 Å². The van der Waals surface area contributed by atoms with Gasteiger partial charge in [0.15, 0.2) is 0 Å². The normalized spacial score (nSPS) is 10.7. The van der Waals surface area contributed by atoms with Gasteiger partial charge in [0.25, 0.3) is 5.91 Å². The number of hydrogen-bond acceptors (Lipinski definition) is 2. The fraction of sp³-hybridized carbons (Fsp3) is 0.286. The first-order valence-electron chi connectivity index (χ1n) is 5.98. The van der Waals surface area contributed by atoms with Crippen molar-refractivity contribution < 1.29 is 4.79 Å². The minimum absolute atomic E-state index is 0.136.